The maximum absolute atomic E-state index is 5.98. The number of fused-ring (bicyclic) bond motifs is 6. The highest BCUT2D eigenvalue weighted by atomic mass is 35.5. The monoisotopic (exact) mass is 341 g/mol. The van der Waals surface area contributed by atoms with Gasteiger partial charge in [0.15, 0.2) is 0 Å². The lowest BCUT2D eigenvalue weighted by Crippen LogP contribution is -2.47. The van der Waals surface area contributed by atoms with Crippen molar-refractivity contribution in [2.45, 2.75) is 31.7 Å². The number of anilines is 1. The number of nitrogens with zero attached hydrogens (tertiary/aromatic N) is 3. The van der Waals surface area contributed by atoms with Gasteiger partial charge in [-0.25, -0.2) is 4.98 Å². The molecular formula is C20H24ClN3. The van der Waals surface area contributed by atoms with Gasteiger partial charge < -0.3 is 9.80 Å². The molecular weight excluding hydrogens is 318 g/mol. The van der Waals surface area contributed by atoms with Crippen molar-refractivity contribution in [3.05, 3.63) is 47.6 Å². The van der Waals surface area contributed by atoms with Crippen LogP contribution in [-0.2, 0) is 0 Å². The third kappa shape index (κ3) is 3.42. The molecule has 126 valence electrons. The first-order valence-electron chi connectivity index (χ1n) is 9.00. The molecule has 0 spiro atoms. The topological polar surface area (TPSA) is 19.4 Å². The van der Waals surface area contributed by atoms with Crippen molar-refractivity contribution in [2.24, 2.45) is 0 Å². The van der Waals surface area contributed by atoms with Gasteiger partial charge in [0.2, 0.25) is 0 Å². The summed E-state index contributed by atoms with van der Waals surface area (Å²) in [6.07, 6.45) is 7.19. The molecule has 0 radical (unpaired) electrons. The molecule has 3 nitrogen and oxygen atoms in total. The summed E-state index contributed by atoms with van der Waals surface area (Å²) >= 11 is 5.98. The summed E-state index contributed by atoms with van der Waals surface area (Å²) in [5.74, 6) is 1.13. The van der Waals surface area contributed by atoms with Gasteiger partial charge in [-0.15, -0.1) is 0 Å². The Kier molecular flexibility index (Phi) is 4.72. The van der Waals surface area contributed by atoms with Crippen LogP contribution in [0.5, 0.6) is 0 Å². The Labute approximate surface area is 149 Å². The van der Waals surface area contributed by atoms with Crippen LogP contribution < -0.4 is 4.90 Å². The van der Waals surface area contributed by atoms with E-state index in [0.29, 0.717) is 6.04 Å². The Morgan fingerprint density at radius 3 is 2.21 bits per heavy atom. The van der Waals surface area contributed by atoms with Crippen molar-refractivity contribution >= 4 is 17.4 Å². The van der Waals surface area contributed by atoms with Crippen LogP contribution in [0.25, 0.3) is 11.1 Å². The molecule has 2 bridgehead atoms. The predicted molar refractivity (Wildman–Crippen MR) is 101 cm³/mol. The largest absolute Gasteiger partial charge is 0.352 e. The molecule has 3 fully saturated rings. The molecule has 0 N–H and O–H groups in total. The number of aromatic nitrogens is 1. The van der Waals surface area contributed by atoms with Crippen LogP contribution in [0.1, 0.15) is 25.7 Å². The van der Waals surface area contributed by atoms with E-state index in [9.17, 15) is 0 Å². The summed E-state index contributed by atoms with van der Waals surface area (Å²) in [7, 11) is 0. The van der Waals surface area contributed by atoms with Crippen LogP contribution in [0.2, 0.25) is 5.02 Å². The Bertz CT molecular complexity index is 658. The molecule has 4 heterocycles. The fourth-order valence-corrected chi connectivity index (χ4v) is 4.12. The van der Waals surface area contributed by atoms with Gasteiger partial charge in [0.1, 0.15) is 5.82 Å². The van der Waals surface area contributed by atoms with Crippen LogP contribution in [0.3, 0.4) is 0 Å². The summed E-state index contributed by atoms with van der Waals surface area (Å²) in [6.45, 7) is 4.80. The van der Waals surface area contributed by atoms with Crippen LogP contribution in [0.15, 0.2) is 42.6 Å². The van der Waals surface area contributed by atoms with Crippen molar-refractivity contribution in [1.29, 1.82) is 0 Å². The Hall–Kier alpha value is -1.58. The number of halogens is 1. The number of benzene rings is 1. The molecule has 0 saturated carbocycles. The molecule has 0 aliphatic carbocycles. The number of hydrogen-bond acceptors (Lipinski definition) is 3. The molecule has 0 atom stereocenters. The van der Waals surface area contributed by atoms with E-state index in [2.05, 4.69) is 21.9 Å². The molecule has 5 rings (SSSR count). The van der Waals surface area contributed by atoms with E-state index in [1.165, 1.54) is 38.8 Å². The van der Waals surface area contributed by atoms with Crippen LogP contribution in [-0.4, -0.2) is 42.1 Å². The van der Waals surface area contributed by atoms with E-state index in [0.717, 1.165) is 35.1 Å². The van der Waals surface area contributed by atoms with E-state index in [4.69, 9.17) is 16.6 Å². The van der Waals surface area contributed by atoms with Crippen molar-refractivity contribution in [3.63, 3.8) is 0 Å². The maximum Gasteiger partial charge on any atom is 0.128 e. The first kappa shape index (κ1) is 15.9. The fraction of sp³-hybridized carbons (Fsp3) is 0.450. The molecule has 4 heteroatoms. The first-order chi connectivity index (χ1) is 11.8. The third-order valence-electron chi connectivity index (χ3n) is 5.34. The van der Waals surface area contributed by atoms with Crippen molar-refractivity contribution in [3.8, 4) is 11.1 Å². The van der Waals surface area contributed by atoms with Gasteiger partial charge in [0.25, 0.3) is 0 Å². The van der Waals surface area contributed by atoms with E-state index in [1.807, 2.05) is 30.5 Å². The van der Waals surface area contributed by atoms with Gasteiger partial charge in [-0.05, 0) is 68.6 Å². The molecule has 24 heavy (non-hydrogen) atoms. The fourth-order valence-electron chi connectivity index (χ4n) is 3.99. The standard InChI is InChI=1S/C20H24ClN3/c21-18-8-5-16(6-9-18)17-7-10-20(22-15-17)24-14-13-23-11-1-3-19(24)4-2-12-23/h5-10,15,19H,1-4,11-14H2. The zero-order valence-electron chi connectivity index (χ0n) is 14.0. The lowest BCUT2D eigenvalue weighted by atomic mass is 9.99. The molecule has 1 aromatic carbocycles. The Balaban J connectivity index is 1.56. The second kappa shape index (κ2) is 7.12. The van der Waals surface area contributed by atoms with E-state index >= 15 is 0 Å². The van der Waals surface area contributed by atoms with Gasteiger partial charge in [0, 0.05) is 35.9 Å². The lowest BCUT2D eigenvalue weighted by molar-refractivity contribution is 0.217. The highest BCUT2D eigenvalue weighted by Crippen LogP contribution is 2.27. The Morgan fingerprint density at radius 2 is 1.54 bits per heavy atom. The number of hydrogen-bond donors (Lipinski definition) is 0. The second-order valence-electron chi connectivity index (χ2n) is 6.89. The number of pyridine rings is 1. The SMILES string of the molecule is Clc1ccc(-c2ccc(N3CCN4CCCC3CCC4)nc2)cc1. The first-order valence-corrected chi connectivity index (χ1v) is 9.38. The predicted octanol–water partition coefficient (Wildman–Crippen LogP) is 4.47. The quantitative estimate of drug-likeness (QED) is 0.803. The lowest BCUT2D eigenvalue weighted by Gasteiger charge is -2.40. The normalized spacial score (nSPS) is 24.3. The third-order valence-corrected chi connectivity index (χ3v) is 5.59. The van der Waals surface area contributed by atoms with Crippen molar-refractivity contribution in [1.82, 2.24) is 9.88 Å². The molecule has 3 aliphatic rings. The summed E-state index contributed by atoms with van der Waals surface area (Å²) in [5.41, 5.74) is 2.31. The van der Waals surface area contributed by atoms with Gasteiger partial charge in [0.05, 0.1) is 0 Å². The highest BCUT2D eigenvalue weighted by Gasteiger charge is 2.25. The zero-order chi connectivity index (χ0) is 16.4. The van der Waals surface area contributed by atoms with E-state index in [-0.39, 0.29) is 0 Å². The average molecular weight is 342 g/mol. The number of rotatable bonds is 2. The van der Waals surface area contributed by atoms with E-state index < -0.39 is 0 Å². The minimum Gasteiger partial charge on any atom is -0.352 e. The van der Waals surface area contributed by atoms with Gasteiger partial charge in [-0.1, -0.05) is 23.7 Å². The average Bonchev–Trinajstić information content (AvgIpc) is 2.55. The maximum atomic E-state index is 5.98. The van der Waals surface area contributed by atoms with E-state index in [1.54, 1.807) is 0 Å². The van der Waals surface area contributed by atoms with Gasteiger partial charge in [-0.2, -0.15) is 0 Å². The molecule has 3 aliphatic heterocycles. The molecule has 0 unspecified atom stereocenters. The van der Waals surface area contributed by atoms with Crippen LogP contribution in [0.4, 0.5) is 5.82 Å². The van der Waals surface area contributed by atoms with Gasteiger partial charge >= 0.3 is 0 Å². The molecule has 2 aromatic rings. The second-order valence-corrected chi connectivity index (χ2v) is 7.32. The minimum atomic E-state index is 0.654. The minimum absolute atomic E-state index is 0.654. The summed E-state index contributed by atoms with van der Waals surface area (Å²) in [5, 5.41) is 0.769. The van der Waals surface area contributed by atoms with Crippen LogP contribution >= 0.6 is 11.6 Å². The molecule has 3 saturated heterocycles. The van der Waals surface area contributed by atoms with Crippen molar-refractivity contribution in [2.75, 3.05) is 31.1 Å². The molecule has 0 amide bonds. The molecule has 1 aromatic heterocycles. The zero-order valence-corrected chi connectivity index (χ0v) is 14.8. The summed E-state index contributed by atoms with van der Waals surface area (Å²) < 4.78 is 0. The highest BCUT2D eigenvalue weighted by molar-refractivity contribution is 6.30. The van der Waals surface area contributed by atoms with Crippen molar-refractivity contribution < 1.29 is 0 Å². The Morgan fingerprint density at radius 1 is 0.833 bits per heavy atom. The summed E-state index contributed by atoms with van der Waals surface area (Å²) in [4.78, 5) is 9.95. The smallest absolute Gasteiger partial charge is 0.128 e. The summed E-state index contributed by atoms with van der Waals surface area (Å²) in [6, 6.07) is 13.0. The van der Waals surface area contributed by atoms with Crippen LogP contribution in [0, 0.1) is 0 Å². The van der Waals surface area contributed by atoms with Gasteiger partial charge in [-0.3, -0.25) is 0 Å².